The maximum Gasteiger partial charge on any atom is 0.337 e. The molecule has 192 valence electrons. The molecule has 3 atom stereocenters. The van der Waals surface area contributed by atoms with E-state index in [1.54, 1.807) is 6.26 Å². The van der Waals surface area contributed by atoms with E-state index in [-0.39, 0.29) is 23.4 Å². The third-order valence-electron chi connectivity index (χ3n) is 7.23. The average molecular weight is 485 g/mol. The van der Waals surface area contributed by atoms with Crippen molar-refractivity contribution in [3.63, 3.8) is 0 Å². The summed E-state index contributed by atoms with van der Waals surface area (Å²) in [5.74, 6) is -0.270. The van der Waals surface area contributed by atoms with Crippen LogP contribution in [0.4, 0.5) is 0 Å². The molecule has 35 heavy (non-hydrogen) atoms. The van der Waals surface area contributed by atoms with E-state index in [2.05, 4.69) is 20.9 Å². The molecule has 1 aromatic heterocycles. The molecule has 3 unspecified atom stereocenters. The van der Waals surface area contributed by atoms with E-state index < -0.39 is 6.29 Å². The number of allylic oxidation sites excluding steroid dienone is 1. The van der Waals surface area contributed by atoms with Crippen molar-refractivity contribution in [1.82, 2.24) is 19.8 Å². The molecule has 0 spiro atoms. The molecular formula is C27H40N4O4. The number of rotatable bonds is 6. The number of hydrogen-bond donors (Lipinski definition) is 0. The van der Waals surface area contributed by atoms with E-state index >= 15 is 0 Å². The fourth-order valence-corrected chi connectivity index (χ4v) is 5.24. The van der Waals surface area contributed by atoms with E-state index in [1.807, 2.05) is 41.5 Å². The maximum atomic E-state index is 12.4. The Kier molecular flexibility index (Phi) is 7.64. The van der Waals surface area contributed by atoms with Crippen molar-refractivity contribution in [3.05, 3.63) is 46.3 Å². The molecule has 0 radical (unpaired) electrons. The van der Waals surface area contributed by atoms with Crippen LogP contribution in [-0.4, -0.2) is 77.5 Å². The number of carbonyl (C=O) groups excluding carboxylic acids is 1. The summed E-state index contributed by atoms with van der Waals surface area (Å²) in [7, 11) is 1.42. The zero-order chi connectivity index (χ0) is 25.3. The van der Waals surface area contributed by atoms with Crippen LogP contribution in [0.15, 0.2) is 23.5 Å². The predicted octanol–water partition coefficient (Wildman–Crippen LogP) is 3.31. The molecule has 3 heterocycles. The Balaban J connectivity index is 1.39. The second-order valence-corrected chi connectivity index (χ2v) is 10.9. The Morgan fingerprint density at radius 1 is 1.03 bits per heavy atom. The number of esters is 1. The van der Waals surface area contributed by atoms with Gasteiger partial charge < -0.3 is 14.2 Å². The number of fused-ring (bicyclic) bond motifs is 1. The number of piperazine rings is 1. The molecule has 8 heteroatoms. The molecule has 3 aliphatic rings. The van der Waals surface area contributed by atoms with Gasteiger partial charge in [-0.15, -0.1) is 0 Å². The molecule has 0 saturated carbocycles. The van der Waals surface area contributed by atoms with Crippen molar-refractivity contribution in [2.75, 3.05) is 39.8 Å². The van der Waals surface area contributed by atoms with Crippen molar-refractivity contribution in [3.8, 4) is 0 Å². The fraction of sp³-hybridized carbons (Fsp3) is 0.667. The smallest absolute Gasteiger partial charge is 0.337 e. The van der Waals surface area contributed by atoms with Crippen LogP contribution in [0.2, 0.25) is 0 Å². The van der Waals surface area contributed by atoms with E-state index in [0.717, 1.165) is 68.5 Å². The molecule has 0 bridgehead atoms. The van der Waals surface area contributed by atoms with Crippen molar-refractivity contribution in [2.45, 2.75) is 66.4 Å². The largest absolute Gasteiger partial charge is 0.471 e. The first-order chi connectivity index (χ1) is 16.6. The minimum atomic E-state index is -0.408. The van der Waals surface area contributed by atoms with Gasteiger partial charge in [0, 0.05) is 45.2 Å². The van der Waals surface area contributed by atoms with Crippen LogP contribution < -0.4 is 0 Å². The van der Waals surface area contributed by atoms with Gasteiger partial charge in [-0.05, 0) is 48.0 Å². The summed E-state index contributed by atoms with van der Waals surface area (Å²) in [5, 5.41) is 0. The van der Waals surface area contributed by atoms with E-state index in [4.69, 9.17) is 19.2 Å². The molecule has 1 saturated heterocycles. The summed E-state index contributed by atoms with van der Waals surface area (Å²) >= 11 is 0. The molecule has 4 rings (SSSR count). The summed E-state index contributed by atoms with van der Waals surface area (Å²) < 4.78 is 17.3. The zero-order valence-electron chi connectivity index (χ0n) is 22.3. The summed E-state index contributed by atoms with van der Waals surface area (Å²) in [6.45, 7) is 17.8. The lowest BCUT2D eigenvalue weighted by Gasteiger charge is -2.40. The molecule has 1 aromatic rings. The van der Waals surface area contributed by atoms with Crippen LogP contribution in [0.3, 0.4) is 0 Å². The number of ether oxygens (including phenoxy) is 3. The third-order valence-corrected chi connectivity index (χ3v) is 7.23. The second kappa shape index (κ2) is 10.4. The number of hydrogen-bond acceptors (Lipinski definition) is 8. The standard InChI is InChI=1S/C27H40N4O4/c1-17-18(2)29-23(19(3)28-17)15-31-12-10-30(11-13-31)14-20-8-9-21-22(25(32)33-7)16-34-26(24(20)21)35-27(4,5)6/h8,16,21,24,26H,9-15H2,1-7H3. The fourth-order valence-electron chi connectivity index (χ4n) is 5.24. The quantitative estimate of drug-likeness (QED) is 0.450. The van der Waals surface area contributed by atoms with E-state index in [1.165, 1.54) is 12.7 Å². The lowest BCUT2D eigenvalue weighted by atomic mass is 9.83. The maximum absolute atomic E-state index is 12.4. The van der Waals surface area contributed by atoms with Gasteiger partial charge in [0.1, 0.15) is 0 Å². The normalized spacial score (nSPS) is 25.5. The van der Waals surface area contributed by atoms with Crippen LogP contribution in [0, 0.1) is 32.6 Å². The number of aromatic nitrogens is 2. The molecule has 0 N–H and O–H groups in total. The first kappa shape index (κ1) is 25.8. The van der Waals surface area contributed by atoms with Crippen molar-refractivity contribution in [1.29, 1.82) is 0 Å². The Bertz CT molecular complexity index is 1010. The molecule has 2 aliphatic heterocycles. The highest BCUT2D eigenvalue weighted by molar-refractivity contribution is 5.89. The molecule has 0 aromatic carbocycles. The summed E-state index contributed by atoms with van der Waals surface area (Å²) in [6.07, 6.45) is 4.23. The number of nitrogens with zero attached hydrogens (tertiary/aromatic N) is 4. The number of carbonyl (C=O) groups is 1. The number of aryl methyl sites for hydroxylation is 3. The minimum absolute atomic E-state index is 0.0137. The predicted molar refractivity (Wildman–Crippen MR) is 133 cm³/mol. The SMILES string of the molecule is COC(=O)C1=COC(OC(C)(C)C)C2C(CN3CCN(Cc4nc(C)c(C)nc4C)CC3)=CCC12. The lowest BCUT2D eigenvalue weighted by molar-refractivity contribution is -0.202. The van der Waals surface area contributed by atoms with Gasteiger partial charge in [0.05, 0.1) is 53.2 Å². The molecule has 1 fully saturated rings. The lowest BCUT2D eigenvalue weighted by Crippen LogP contribution is -2.48. The van der Waals surface area contributed by atoms with Crippen molar-refractivity contribution < 1.29 is 19.0 Å². The van der Waals surface area contributed by atoms with Gasteiger partial charge >= 0.3 is 5.97 Å². The molecule has 0 amide bonds. The topological polar surface area (TPSA) is 77.0 Å². The van der Waals surface area contributed by atoms with Gasteiger partial charge in [0.25, 0.3) is 0 Å². The van der Waals surface area contributed by atoms with Crippen LogP contribution in [0.25, 0.3) is 0 Å². The van der Waals surface area contributed by atoms with E-state index in [9.17, 15) is 4.79 Å². The van der Waals surface area contributed by atoms with Gasteiger partial charge in [-0.1, -0.05) is 11.6 Å². The first-order valence-electron chi connectivity index (χ1n) is 12.6. The Morgan fingerprint density at radius 3 is 2.29 bits per heavy atom. The van der Waals surface area contributed by atoms with Crippen molar-refractivity contribution >= 4 is 5.97 Å². The zero-order valence-corrected chi connectivity index (χ0v) is 22.3. The second-order valence-electron chi connectivity index (χ2n) is 10.9. The highest BCUT2D eigenvalue weighted by Crippen LogP contribution is 2.45. The van der Waals surface area contributed by atoms with Crippen LogP contribution in [0.5, 0.6) is 0 Å². The molecule has 8 nitrogen and oxygen atoms in total. The van der Waals surface area contributed by atoms with Gasteiger partial charge in [0.15, 0.2) is 0 Å². The Labute approximate surface area is 209 Å². The monoisotopic (exact) mass is 484 g/mol. The van der Waals surface area contributed by atoms with E-state index in [0.29, 0.717) is 5.57 Å². The highest BCUT2D eigenvalue weighted by atomic mass is 16.7. The highest BCUT2D eigenvalue weighted by Gasteiger charge is 2.46. The van der Waals surface area contributed by atoms with Gasteiger partial charge in [-0.3, -0.25) is 19.8 Å². The van der Waals surface area contributed by atoms with Gasteiger partial charge in [-0.2, -0.15) is 0 Å². The summed E-state index contributed by atoms with van der Waals surface area (Å²) in [6, 6.07) is 0. The minimum Gasteiger partial charge on any atom is -0.471 e. The third kappa shape index (κ3) is 5.93. The average Bonchev–Trinajstić information content (AvgIpc) is 3.21. The van der Waals surface area contributed by atoms with Crippen LogP contribution in [0.1, 0.15) is 50.0 Å². The number of methoxy groups -OCH3 is 1. The van der Waals surface area contributed by atoms with Crippen LogP contribution >= 0.6 is 0 Å². The van der Waals surface area contributed by atoms with Gasteiger partial charge in [-0.25, -0.2) is 4.79 Å². The Hall–Kier alpha value is -2.29. The Morgan fingerprint density at radius 2 is 1.66 bits per heavy atom. The van der Waals surface area contributed by atoms with Gasteiger partial charge in [0.2, 0.25) is 6.29 Å². The molecular weight excluding hydrogens is 444 g/mol. The summed E-state index contributed by atoms with van der Waals surface area (Å²) in [4.78, 5) is 26.8. The van der Waals surface area contributed by atoms with Crippen LogP contribution in [-0.2, 0) is 25.5 Å². The first-order valence-corrected chi connectivity index (χ1v) is 12.6. The van der Waals surface area contributed by atoms with Crippen molar-refractivity contribution in [2.24, 2.45) is 11.8 Å². The molecule has 1 aliphatic carbocycles. The summed E-state index contributed by atoms with van der Waals surface area (Å²) in [5.41, 5.74) is 5.66.